The molecule has 17 heavy (non-hydrogen) atoms. The molecule has 1 aromatic carbocycles. The van der Waals surface area contributed by atoms with Crippen molar-refractivity contribution in [2.45, 2.75) is 25.0 Å². The molecule has 0 bridgehead atoms. The molecular formula is C12H13FN2O2. The van der Waals surface area contributed by atoms with Gasteiger partial charge in [0.15, 0.2) is 0 Å². The average Bonchev–Trinajstić information content (AvgIpc) is 3.10. The number of hydrogen-bond donors (Lipinski definition) is 2. The van der Waals surface area contributed by atoms with E-state index in [2.05, 4.69) is 5.32 Å². The van der Waals surface area contributed by atoms with Crippen molar-refractivity contribution < 1.29 is 13.9 Å². The van der Waals surface area contributed by atoms with Gasteiger partial charge in [0.2, 0.25) is 5.91 Å². The monoisotopic (exact) mass is 236 g/mol. The van der Waals surface area contributed by atoms with Gasteiger partial charge in [-0.05, 0) is 30.9 Å². The highest BCUT2D eigenvalue weighted by Gasteiger charge is 2.41. The SMILES string of the molecule is N[C@H]1C(=O)Nc2cc(F)ccc2O[C@H]1C1CC1. The second-order valence-corrected chi connectivity index (χ2v) is 4.58. The molecule has 0 spiro atoms. The van der Waals surface area contributed by atoms with Gasteiger partial charge in [0.25, 0.3) is 0 Å². The van der Waals surface area contributed by atoms with Gasteiger partial charge in [-0.2, -0.15) is 0 Å². The van der Waals surface area contributed by atoms with Crippen LogP contribution in [0, 0.1) is 11.7 Å². The van der Waals surface area contributed by atoms with Gasteiger partial charge in [-0.1, -0.05) is 0 Å². The first kappa shape index (κ1) is 10.5. The molecule has 4 nitrogen and oxygen atoms in total. The lowest BCUT2D eigenvalue weighted by Crippen LogP contribution is -2.47. The van der Waals surface area contributed by atoms with Crippen LogP contribution in [0.5, 0.6) is 5.75 Å². The zero-order chi connectivity index (χ0) is 12.0. The number of hydrogen-bond acceptors (Lipinski definition) is 3. The van der Waals surface area contributed by atoms with E-state index in [0.29, 0.717) is 17.4 Å². The lowest BCUT2D eigenvalue weighted by molar-refractivity contribution is -0.119. The highest BCUT2D eigenvalue weighted by atomic mass is 19.1. The molecule has 0 aromatic heterocycles. The molecule has 1 fully saturated rings. The van der Waals surface area contributed by atoms with Gasteiger partial charge in [0.1, 0.15) is 23.7 Å². The third kappa shape index (κ3) is 1.86. The maximum absolute atomic E-state index is 13.1. The van der Waals surface area contributed by atoms with E-state index in [4.69, 9.17) is 10.5 Å². The molecule has 3 N–H and O–H groups in total. The van der Waals surface area contributed by atoms with E-state index >= 15 is 0 Å². The molecule has 1 aliphatic heterocycles. The quantitative estimate of drug-likeness (QED) is 0.771. The third-order valence-electron chi connectivity index (χ3n) is 3.21. The first-order valence-corrected chi connectivity index (χ1v) is 5.68. The average molecular weight is 236 g/mol. The lowest BCUT2D eigenvalue weighted by atomic mass is 10.1. The Bertz CT molecular complexity index is 474. The van der Waals surface area contributed by atoms with E-state index in [0.717, 1.165) is 12.8 Å². The third-order valence-corrected chi connectivity index (χ3v) is 3.21. The Hall–Kier alpha value is -1.62. The molecule has 1 heterocycles. The predicted octanol–water partition coefficient (Wildman–Crippen LogP) is 1.26. The molecule has 1 aliphatic carbocycles. The highest BCUT2D eigenvalue weighted by Crippen LogP contribution is 2.39. The minimum absolute atomic E-state index is 0.304. The summed E-state index contributed by atoms with van der Waals surface area (Å²) in [6.07, 6.45) is 1.76. The minimum atomic E-state index is -0.696. The number of benzene rings is 1. The summed E-state index contributed by atoms with van der Waals surface area (Å²) in [7, 11) is 0. The molecule has 90 valence electrons. The zero-order valence-electron chi connectivity index (χ0n) is 9.15. The molecule has 5 heteroatoms. The van der Waals surface area contributed by atoms with Crippen LogP contribution in [0.4, 0.5) is 10.1 Å². The van der Waals surface area contributed by atoms with E-state index in [1.807, 2.05) is 0 Å². The first-order chi connectivity index (χ1) is 8.15. The molecule has 1 amide bonds. The van der Waals surface area contributed by atoms with E-state index in [-0.39, 0.29) is 12.0 Å². The molecule has 2 aliphatic rings. The van der Waals surface area contributed by atoms with Crippen molar-refractivity contribution in [3.63, 3.8) is 0 Å². The number of nitrogens with two attached hydrogens (primary N) is 1. The molecule has 1 saturated carbocycles. The predicted molar refractivity (Wildman–Crippen MR) is 60.1 cm³/mol. The molecule has 1 aromatic rings. The Balaban J connectivity index is 1.98. The number of rotatable bonds is 1. The summed E-state index contributed by atoms with van der Waals surface area (Å²) >= 11 is 0. The number of anilines is 1. The van der Waals surface area contributed by atoms with Crippen LogP contribution in [0.25, 0.3) is 0 Å². The summed E-state index contributed by atoms with van der Waals surface area (Å²) in [5.74, 6) is 0.105. The lowest BCUT2D eigenvalue weighted by Gasteiger charge is -2.20. The van der Waals surface area contributed by atoms with Gasteiger partial charge < -0.3 is 15.8 Å². The number of carbonyl (C=O) groups excluding carboxylic acids is 1. The van der Waals surface area contributed by atoms with Crippen molar-refractivity contribution >= 4 is 11.6 Å². The fourth-order valence-electron chi connectivity index (χ4n) is 2.10. The smallest absolute Gasteiger partial charge is 0.245 e. The normalized spacial score (nSPS) is 27.8. The van der Waals surface area contributed by atoms with E-state index in [9.17, 15) is 9.18 Å². The molecule has 3 rings (SSSR count). The largest absolute Gasteiger partial charge is 0.486 e. The van der Waals surface area contributed by atoms with Gasteiger partial charge in [-0.15, -0.1) is 0 Å². The van der Waals surface area contributed by atoms with Crippen molar-refractivity contribution in [1.82, 2.24) is 0 Å². The summed E-state index contributed by atoms with van der Waals surface area (Å²) in [4.78, 5) is 11.8. The van der Waals surface area contributed by atoms with Crippen LogP contribution >= 0.6 is 0 Å². The van der Waals surface area contributed by atoms with Gasteiger partial charge in [-0.25, -0.2) is 4.39 Å². The Morgan fingerprint density at radius 3 is 2.88 bits per heavy atom. The van der Waals surface area contributed by atoms with Gasteiger partial charge in [0.05, 0.1) is 5.69 Å². The van der Waals surface area contributed by atoms with E-state index < -0.39 is 11.9 Å². The molecule has 0 unspecified atom stereocenters. The van der Waals surface area contributed by atoms with E-state index in [1.165, 1.54) is 18.2 Å². The van der Waals surface area contributed by atoms with Crippen molar-refractivity contribution in [2.75, 3.05) is 5.32 Å². The van der Waals surface area contributed by atoms with Crippen LogP contribution in [-0.4, -0.2) is 18.1 Å². The summed E-state index contributed by atoms with van der Waals surface area (Å²) in [6.45, 7) is 0. The summed E-state index contributed by atoms with van der Waals surface area (Å²) in [5.41, 5.74) is 6.21. The van der Waals surface area contributed by atoms with Crippen molar-refractivity contribution in [2.24, 2.45) is 11.7 Å². The summed E-state index contributed by atoms with van der Waals surface area (Å²) in [6, 6.07) is 3.39. The zero-order valence-corrected chi connectivity index (χ0v) is 9.15. The Kier molecular flexibility index (Phi) is 2.29. The van der Waals surface area contributed by atoms with Crippen LogP contribution in [-0.2, 0) is 4.79 Å². The van der Waals surface area contributed by atoms with Crippen LogP contribution in [0.1, 0.15) is 12.8 Å². The number of amides is 1. The van der Waals surface area contributed by atoms with Crippen molar-refractivity contribution in [3.05, 3.63) is 24.0 Å². The Morgan fingerprint density at radius 1 is 1.41 bits per heavy atom. The highest BCUT2D eigenvalue weighted by molar-refractivity contribution is 5.97. The Morgan fingerprint density at radius 2 is 2.18 bits per heavy atom. The topological polar surface area (TPSA) is 64.4 Å². The Labute approximate surface area is 97.9 Å². The number of carbonyl (C=O) groups is 1. The van der Waals surface area contributed by atoms with Crippen molar-refractivity contribution in [1.29, 1.82) is 0 Å². The number of fused-ring (bicyclic) bond motifs is 1. The fourth-order valence-corrected chi connectivity index (χ4v) is 2.10. The summed E-state index contributed by atoms with van der Waals surface area (Å²) < 4.78 is 18.8. The molecule has 0 saturated heterocycles. The van der Waals surface area contributed by atoms with Gasteiger partial charge in [0, 0.05) is 6.07 Å². The van der Waals surface area contributed by atoms with Crippen LogP contribution in [0.15, 0.2) is 18.2 Å². The van der Waals surface area contributed by atoms with Crippen LogP contribution in [0.2, 0.25) is 0 Å². The molecule has 2 atom stereocenters. The summed E-state index contributed by atoms with van der Waals surface area (Å²) in [5, 5.41) is 2.60. The maximum atomic E-state index is 13.1. The number of nitrogens with one attached hydrogen (secondary N) is 1. The number of halogens is 1. The second-order valence-electron chi connectivity index (χ2n) is 4.58. The maximum Gasteiger partial charge on any atom is 0.245 e. The van der Waals surface area contributed by atoms with Crippen molar-refractivity contribution in [3.8, 4) is 5.75 Å². The molecule has 0 radical (unpaired) electrons. The van der Waals surface area contributed by atoms with Gasteiger partial charge in [-0.3, -0.25) is 4.79 Å². The minimum Gasteiger partial charge on any atom is -0.486 e. The number of ether oxygens (including phenoxy) is 1. The van der Waals surface area contributed by atoms with Crippen LogP contribution in [0.3, 0.4) is 0 Å². The van der Waals surface area contributed by atoms with Gasteiger partial charge >= 0.3 is 0 Å². The first-order valence-electron chi connectivity index (χ1n) is 5.68. The fraction of sp³-hybridized carbons (Fsp3) is 0.417. The second kappa shape index (κ2) is 3.70. The van der Waals surface area contributed by atoms with E-state index in [1.54, 1.807) is 0 Å². The standard InChI is InChI=1S/C12H13FN2O2/c13-7-3-4-9-8(5-7)15-12(16)10(14)11(17-9)6-1-2-6/h3-6,10-11H,1-2,14H2,(H,15,16)/t10-,11+/m1/s1. The molecular weight excluding hydrogens is 223 g/mol. The van der Waals surface area contributed by atoms with Crippen LogP contribution < -0.4 is 15.8 Å².